The van der Waals surface area contributed by atoms with Gasteiger partial charge in [-0.25, -0.2) is 4.98 Å². The lowest BCUT2D eigenvalue weighted by Crippen LogP contribution is -2.37. The molecule has 0 aliphatic carbocycles. The summed E-state index contributed by atoms with van der Waals surface area (Å²) in [5.74, 6) is 1.06. The molecule has 1 aromatic carbocycles. The second-order valence-corrected chi connectivity index (χ2v) is 6.04. The number of aromatic nitrogens is 3. The van der Waals surface area contributed by atoms with Crippen molar-refractivity contribution >= 4 is 22.8 Å². The Kier molecular flexibility index (Phi) is 4.84. The second kappa shape index (κ2) is 7.58. The van der Waals surface area contributed by atoms with Crippen LogP contribution in [0.5, 0.6) is 5.75 Å². The molecule has 1 amide bonds. The highest BCUT2D eigenvalue weighted by molar-refractivity contribution is 6.07. The molecule has 0 spiro atoms. The van der Waals surface area contributed by atoms with Gasteiger partial charge >= 0.3 is 0 Å². The second-order valence-electron chi connectivity index (χ2n) is 6.04. The highest BCUT2D eigenvalue weighted by atomic mass is 16.5. The number of fused-ring (bicyclic) bond motifs is 1. The smallest absolute Gasteiger partial charge is 0.274 e. The lowest BCUT2D eigenvalue weighted by molar-refractivity contribution is 0.0943. The van der Waals surface area contributed by atoms with Crippen LogP contribution in [0.15, 0.2) is 35.1 Å². The summed E-state index contributed by atoms with van der Waals surface area (Å²) in [6.45, 7) is 2.94. The quantitative estimate of drug-likeness (QED) is 0.720. The first-order valence-corrected chi connectivity index (χ1v) is 8.60. The minimum absolute atomic E-state index is 0.181. The molecule has 1 N–H and O–H groups in total. The Morgan fingerprint density at radius 2 is 2.00 bits per heavy atom. The number of morpholine rings is 1. The third-order valence-corrected chi connectivity index (χ3v) is 4.39. The molecule has 2 aromatic heterocycles. The minimum Gasteiger partial charge on any atom is -0.497 e. The van der Waals surface area contributed by atoms with Gasteiger partial charge in [0.05, 0.1) is 20.3 Å². The number of anilines is 1. The zero-order chi connectivity index (χ0) is 18.6. The summed E-state index contributed by atoms with van der Waals surface area (Å²) in [6, 6.07) is 7.47. The Balaban J connectivity index is 1.56. The molecule has 3 heterocycles. The standard InChI is InChI=1S/C18H19N5O4/c1-25-13-4-2-12(3-5-13)10-19-17(24)15-14-16(23-6-8-26-9-7-23)20-11-21-18(14)27-22-15/h2-5,11H,6-10H2,1H3,(H,19,24). The van der Waals surface area contributed by atoms with Gasteiger partial charge in [-0.1, -0.05) is 17.3 Å². The molecular weight excluding hydrogens is 350 g/mol. The zero-order valence-corrected chi connectivity index (χ0v) is 14.8. The van der Waals surface area contributed by atoms with Gasteiger partial charge in [-0.05, 0) is 17.7 Å². The van der Waals surface area contributed by atoms with Crippen LogP contribution in [-0.2, 0) is 11.3 Å². The number of rotatable bonds is 5. The van der Waals surface area contributed by atoms with Crippen molar-refractivity contribution in [1.29, 1.82) is 0 Å². The van der Waals surface area contributed by atoms with Gasteiger partial charge < -0.3 is 24.2 Å². The molecule has 4 rings (SSSR count). The fraction of sp³-hybridized carbons (Fsp3) is 0.333. The Hall–Kier alpha value is -3.20. The van der Waals surface area contributed by atoms with E-state index in [0.29, 0.717) is 49.8 Å². The van der Waals surface area contributed by atoms with Gasteiger partial charge in [-0.3, -0.25) is 4.79 Å². The topological polar surface area (TPSA) is 103 Å². The van der Waals surface area contributed by atoms with Gasteiger partial charge in [-0.2, -0.15) is 4.98 Å². The number of hydrogen-bond acceptors (Lipinski definition) is 8. The third kappa shape index (κ3) is 3.54. The number of carbonyl (C=O) groups excluding carboxylic acids is 1. The Labute approximate surface area is 155 Å². The normalized spacial score (nSPS) is 14.3. The molecule has 0 saturated carbocycles. The number of amides is 1. The summed E-state index contributed by atoms with van der Waals surface area (Å²) in [5.41, 5.74) is 1.42. The Morgan fingerprint density at radius 1 is 1.22 bits per heavy atom. The average molecular weight is 369 g/mol. The molecule has 3 aromatic rings. The Morgan fingerprint density at radius 3 is 2.74 bits per heavy atom. The summed E-state index contributed by atoms with van der Waals surface area (Å²) >= 11 is 0. The molecule has 1 aliphatic rings. The molecular formula is C18H19N5O4. The number of nitrogens with one attached hydrogen (secondary N) is 1. The van der Waals surface area contributed by atoms with E-state index in [2.05, 4.69) is 20.4 Å². The van der Waals surface area contributed by atoms with Crippen molar-refractivity contribution in [2.45, 2.75) is 6.54 Å². The van der Waals surface area contributed by atoms with E-state index < -0.39 is 0 Å². The van der Waals surface area contributed by atoms with E-state index in [1.54, 1.807) is 7.11 Å². The maximum atomic E-state index is 12.7. The lowest BCUT2D eigenvalue weighted by atomic mass is 10.2. The van der Waals surface area contributed by atoms with E-state index in [0.717, 1.165) is 11.3 Å². The largest absolute Gasteiger partial charge is 0.497 e. The predicted molar refractivity (Wildman–Crippen MR) is 96.8 cm³/mol. The molecule has 0 bridgehead atoms. The first kappa shape index (κ1) is 17.2. The van der Waals surface area contributed by atoms with Crippen LogP contribution >= 0.6 is 0 Å². The minimum atomic E-state index is -0.339. The molecule has 0 radical (unpaired) electrons. The van der Waals surface area contributed by atoms with E-state index >= 15 is 0 Å². The number of benzene rings is 1. The van der Waals surface area contributed by atoms with Crippen LogP contribution in [0.25, 0.3) is 11.1 Å². The summed E-state index contributed by atoms with van der Waals surface area (Å²) in [4.78, 5) is 23.2. The molecule has 1 fully saturated rings. The molecule has 9 heteroatoms. The van der Waals surface area contributed by atoms with Gasteiger partial charge in [0.15, 0.2) is 5.69 Å². The van der Waals surface area contributed by atoms with E-state index in [-0.39, 0.29) is 11.6 Å². The van der Waals surface area contributed by atoms with Crippen LogP contribution in [0.3, 0.4) is 0 Å². The molecule has 1 aliphatic heterocycles. The number of methoxy groups -OCH3 is 1. The summed E-state index contributed by atoms with van der Waals surface area (Å²) in [6.07, 6.45) is 1.41. The van der Waals surface area contributed by atoms with Crippen molar-refractivity contribution in [2.75, 3.05) is 38.3 Å². The fourth-order valence-corrected chi connectivity index (χ4v) is 2.95. The third-order valence-electron chi connectivity index (χ3n) is 4.39. The van der Waals surface area contributed by atoms with Crippen LogP contribution in [0.4, 0.5) is 5.82 Å². The van der Waals surface area contributed by atoms with Crippen molar-refractivity contribution in [2.24, 2.45) is 0 Å². The zero-order valence-electron chi connectivity index (χ0n) is 14.8. The van der Waals surface area contributed by atoms with E-state index in [1.165, 1.54) is 6.33 Å². The average Bonchev–Trinajstić information content (AvgIpc) is 3.17. The van der Waals surface area contributed by atoms with Gasteiger partial charge in [-0.15, -0.1) is 0 Å². The number of nitrogens with zero attached hydrogens (tertiary/aromatic N) is 4. The van der Waals surface area contributed by atoms with Crippen LogP contribution in [0, 0.1) is 0 Å². The highest BCUT2D eigenvalue weighted by Crippen LogP contribution is 2.27. The SMILES string of the molecule is COc1ccc(CNC(=O)c2noc3ncnc(N4CCOCC4)c23)cc1. The number of carbonyl (C=O) groups is 1. The van der Waals surface area contributed by atoms with Crippen LogP contribution in [-0.4, -0.2) is 54.4 Å². The van der Waals surface area contributed by atoms with Crippen LogP contribution in [0.2, 0.25) is 0 Å². The molecule has 0 unspecified atom stereocenters. The van der Waals surface area contributed by atoms with Crippen molar-refractivity contribution in [3.63, 3.8) is 0 Å². The lowest BCUT2D eigenvalue weighted by Gasteiger charge is -2.27. The maximum absolute atomic E-state index is 12.7. The number of hydrogen-bond donors (Lipinski definition) is 1. The predicted octanol–water partition coefficient (Wildman–Crippen LogP) is 1.39. The maximum Gasteiger partial charge on any atom is 0.274 e. The molecule has 27 heavy (non-hydrogen) atoms. The summed E-state index contributed by atoms with van der Waals surface area (Å²) in [7, 11) is 1.61. The van der Waals surface area contributed by atoms with E-state index in [9.17, 15) is 4.79 Å². The summed E-state index contributed by atoms with van der Waals surface area (Å²) in [5, 5.41) is 7.30. The van der Waals surface area contributed by atoms with Crippen molar-refractivity contribution in [1.82, 2.24) is 20.4 Å². The van der Waals surface area contributed by atoms with Crippen molar-refractivity contribution < 1.29 is 18.8 Å². The van der Waals surface area contributed by atoms with Crippen LogP contribution in [0.1, 0.15) is 16.1 Å². The first-order chi connectivity index (χ1) is 13.3. The monoisotopic (exact) mass is 369 g/mol. The molecule has 9 nitrogen and oxygen atoms in total. The van der Waals surface area contributed by atoms with Gasteiger partial charge in [0.1, 0.15) is 23.3 Å². The van der Waals surface area contributed by atoms with Gasteiger partial charge in [0, 0.05) is 19.6 Å². The highest BCUT2D eigenvalue weighted by Gasteiger charge is 2.24. The summed E-state index contributed by atoms with van der Waals surface area (Å²) < 4.78 is 15.8. The number of ether oxygens (including phenoxy) is 2. The van der Waals surface area contributed by atoms with Crippen molar-refractivity contribution in [3.05, 3.63) is 41.9 Å². The van der Waals surface area contributed by atoms with Gasteiger partial charge in [0.2, 0.25) is 0 Å². The van der Waals surface area contributed by atoms with Gasteiger partial charge in [0.25, 0.3) is 11.6 Å². The fourth-order valence-electron chi connectivity index (χ4n) is 2.95. The van der Waals surface area contributed by atoms with E-state index in [1.807, 2.05) is 29.2 Å². The molecule has 140 valence electrons. The molecule has 1 saturated heterocycles. The Bertz CT molecular complexity index is 935. The van der Waals surface area contributed by atoms with Crippen molar-refractivity contribution in [3.8, 4) is 5.75 Å². The molecule has 0 atom stereocenters. The van der Waals surface area contributed by atoms with E-state index in [4.69, 9.17) is 14.0 Å². The first-order valence-electron chi connectivity index (χ1n) is 8.60. The van der Waals surface area contributed by atoms with Crippen LogP contribution < -0.4 is 15.0 Å².